The van der Waals surface area contributed by atoms with E-state index in [0.717, 1.165) is 12.8 Å². The van der Waals surface area contributed by atoms with Gasteiger partial charge in [0.05, 0.1) is 5.37 Å². The van der Waals surface area contributed by atoms with Crippen molar-refractivity contribution in [2.45, 2.75) is 37.6 Å². The summed E-state index contributed by atoms with van der Waals surface area (Å²) in [5, 5.41) is 12.3. The van der Waals surface area contributed by atoms with E-state index in [4.69, 9.17) is 16.6 Å². The van der Waals surface area contributed by atoms with E-state index in [2.05, 4.69) is 12.2 Å². The second-order valence-corrected chi connectivity index (χ2v) is 5.15. The minimum atomic E-state index is -0.933. The van der Waals surface area contributed by atoms with Crippen LogP contribution in [0.2, 0.25) is 0 Å². The highest BCUT2D eigenvalue weighted by atomic mass is 32.2. The second-order valence-electron chi connectivity index (χ2n) is 3.70. The zero-order chi connectivity index (χ0) is 12.4. The van der Waals surface area contributed by atoms with Crippen molar-refractivity contribution < 1.29 is 9.90 Å². The molecule has 1 rings (SSSR count). The molecule has 6 N–H and O–H groups in total. The summed E-state index contributed by atoms with van der Waals surface area (Å²) >= 11 is 1.99. The normalized spacial score (nSPS) is 21.1. The summed E-state index contributed by atoms with van der Waals surface area (Å²) in [6, 6.07) is -0.716. The first-order valence-electron chi connectivity index (χ1n) is 5.61. The maximum atomic E-state index is 10.1. The van der Waals surface area contributed by atoms with Crippen molar-refractivity contribution in [1.82, 2.24) is 5.32 Å². The van der Waals surface area contributed by atoms with Gasteiger partial charge in [-0.1, -0.05) is 6.42 Å². The quantitative estimate of drug-likeness (QED) is 0.519. The van der Waals surface area contributed by atoms with Gasteiger partial charge in [-0.05, 0) is 26.3 Å². The number of nitrogens with one attached hydrogen (secondary N) is 1. The summed E-state index contributed by atoms with van der Waals surface area (Å²) in [5.74, 6) is 0.360. The molecule has 0 spiro atoms. The first kappa shape index (κ1) is 15.7. The standard InChI is InChI=1S/C6H14N2O2.C4H9NS/c7-4-2-1-3-5(8)6(9)10;1-4-5-2-3-6-4/h5H,1-4,7-8H2,(H,9,10);4-5H,2-3H2,1H3/t5-;/m0./s1. The fraction of sp³-hybridized carbons (Fsp3) is 0.900. The third-order valence-electron chi connectivity index (χ3n) is 2.19. The van der Waals surface area contributed by atoms with Gasteiger partial charge in [0.25, 0.3) is 0 Å². The molecule has 1 aliphatic rings. The SMILES string of the molecule is CC1NCCS1.NCCCC[C@H](N)C(=O)O. The Balaban J connectivity index is 0.000000315. The molecule has 1 unspecified atom stereocenters. The average Bonchev–Trinajstić information content (AvgIpc) is 2.70. The number of hydrogen-bond donors (Lipinski definition) is 4. The van der Waals surface area contributed by atoms with Crippen molar-refractivity contribution in [3.8, 4) is 0 Å². The van der Waals surface area contributed by atoms with Crippen LogP contribution in [0.4, 0.5) is 0 Å². The largest absolute Gasteiger partial charge is 0.480 e. The van der Waals surface area contributed by atoms with Crippen molar-refractivity contribution in [3.63, 3.8) is 0 Å². The van der Waals surface area contributed by atoms with Gasteiger partial charge < -0.3 is 21.9 Å². The second kappa shape index (κ2) is 9.89. The van der Waals surface area contributed by atoms with E-state index in [1.165, 1.54) is 12.3 Å². The molecule has 0 aromatic carbocycles. The highest BCUT2D eigenvalue weighted by Gasteiger charge is 2.09. The molecule has 0 radical (unpaired) electrons. The lowest BCUT2D eigenvalue weighted by atomic mass is 10.1. The van der Waals surface area contributed by atoms with Crippen LogP contribution in [0.3, 0.4) is 0 Å². The van der Waals surface area contributed by atoms with E-state index < -0.39 is 12.0 Å². The van der Waals surface area contributed by atoms with E-state index in [9.17, 15) is 4.79 Å². The Hall–Kier alpha value is -0.300. The van der Waals surface area contributed by atoms with Gasteiger partial charge in [-0.3, -0.25) is 4.79 Å². The molecule has 1 heterocycles. The number of hydrogen-bond acceptors (Lipinski definition) is 5. The smallest absolute Gasteiger partial charge is 0.320 e. The molecule has 0 aromatic heterocycles. The number of nitrogens with two attached hydrogens (primary N) is 2. The third kappa shape index (κ3) is 8.96. The van der Waals surface area contributed by atoms with Crippen molar-refractivity contribution in [1.29, 1.82) is 0 Å². The summed E-state index contributed by atoms with van der Waals surface area (Å²) in [5.41, 5.74) is 10.4. The lowest BCUT2D eigenvalue weighted by Crippen LogP contribution is -2.29. The summed E-state index contributed by atoms with van der Waals surface area (Å²) in [6.07, 6.45) is 2.16. The van der Waals surface area contributed by atoms with E-state index in [1.807, 2.05) is 11.8 Å². The van der Waals surface area contributed by atoms with E-state index >= 15 is 0 Å². The Kier molecular flexibility index (Phi) is 9.71. The molecule has 1 saturated heterocycles. The van der Waals surface area contributed by atoms with Crippen LogP contribution < -0.4 is 16.8 Å². The van der Waals surface area contributed by atoms with E-state index in [0.29, 0.717) is 18.3 Å². The van der Waals surface area contributed by atoms with Gasteiger partial charge in [-0.15, -0.1) is 11.8 Å². The van der Waals surface area contributed by atoms with Crippen molar-refractivity contribution in [2.24, 2.45) is 11.5 Å². The molecule has 0 amide bonds. The molecular weight excluding hydrogens is 226 g/mol. The van der Waals surface area contributed by atoms with Crippen LogP contribution in [0, 0.1) is 0 Å². The Morgan fingerprint density at radius 3 is 2.62 bits per heavy atom. The summed E-state index contributed by atoms with van der Waals surface area (Å²) in [4.78, 5) is 10.1. The molecule has 1 fully saturated rings. The minimum Gasteiger partial charge on any atom is -0.480 e. The van der Waals surface area contributed by atoms with Gasteiger partial charge in [-0.2, -0.15) is 0 Å². The lowest BCUT2D eigenvalue weighted by molar-refractivity contribution is -0.138. The Labute approximate surface area is 101 Å². The van der Waals surface area contributed by atoms with Crippen molar-refractivity contribution >= 4 is 17.7 Å². The summed E-state index contributed by atoms with van der Waals surface area (Å²) in [6.45, 7) is 4.00. The van der Waals surface area contributed by atoms with Crippen LogP contribution in [-0.2, 0) is 4.79 Å². The number of unbranched alkanes of at least 4 members (excludes halogenated alkanes) is 1. The summed E-state index contributed by atoms with van der Waals surface area (Å²) < 4.78 is 0. The number of rotatable bonds is 5. The molecule has 1 aliphatic heterocycles. The van der Waals surface area contributed by atoms with Crippen LogP contribution in [0.1, 0.15) is 26.2 Å². The molecule has 2 atom stereocenters. The van der Waals surface area contributed by atoms with Gasteiger partial charge in [0, 0.05) is 12.3 Å². The van der Waals surface area contributed by atoms with Gasteiger partial charge in [0.15, 0.2) is 0 Å². The molecule has 5 nitrogen and oxygen atoms in total. The van der Waals surface area contributed by atoms with Gasteiger partial charge in [-0.25, -0.2) is 0 Å². The third-order valence-corrected chi connectivity index (χ3v) is 3.29. The zero-order valence-electron chi connectivity index (χ0n) is 9.82. The highest BCUT2D eigenvalue weighted by Crippen LogP contribution is 2.10. The lowest BCUT2D eigenvalue weighted by Gasteiger charge is -2.03. The number of carboxylic acids is 1. The summed E-state index contributed by atoms with van der Waals surface area (Å²) in [7, 11) is 0. The predicted molar refractivity (Wildman–Crippen MR) is 68.4 cm³/mol. The molecule has 0 saturated carbocycles. The predicted octanol–water partition coefficient (Wildman–Crippen LogP) is 0.196. The number of carbonyl (C=O) groups is 1. The molecule has 0 bridgehead atoms. The number of carboxylic acid groups (broad SMARTS) is 1. The molecule has 0 aliphatic carbocycles. The van der Waals surface area contributed by atoms with Gasteiger partial charge in [0.2, 0.25) is 0 Å². The maximum Gasteiger partial charge on any atom is 0.320 e. The Morgan fingerprint density at radius 2 is 2.31 bits per heavy atom. The van der Waals surface area contributed by atoms with Crippen molar-refractivity contribution in [3.05, 3.63) is 0 Å². The van der Waals surface area contributed by atoms with Crippen LogP contribution in [-0.4, -0.2) is 41.3 Å². The topological polar surface area (TPSA) is 101 Å². The molecular formula is C10H23N3O2S. The van der Waals surface area contributed by atoms with Gasteiger partial charge in [0.1, 0.15) is 6.04 Å². The average molecular weight is 249 g/mol. The van der Waals surface area contributed by atoms with Crippen LogP contribution >= 0.6 is 11.8 Å². The van der Waals surface area contributed by atoms with E-state index in [-0.39, 0.29) is 0 Å². The molecule has 6 heteroatoms. The zero-order valence-corrected chi connectivity index (χ0v) is 10.6. The van der Waals surface area contributed by atoms with Crippen LogP contribution in [0.5, 0.6) is 0 Å². The fourth-order valence-electron chi connectivity index (χ4n) is 1.19. The van der Waals surface area contributed by atoms with Crippen molar-refractivity contribution in [2.75, 3.05) is 18.8 Å². The fourth-order valence-corrected chi connectivity index (χ4v) is 2.01. The molecule has 16 heavy (non-hydrogen) atoms. The van der Waals surface area contributed by atoms with Gasteiger partial charge >= 0.3 is 5.97 Å². The van der Waals surface area contributed by atoms with Crippen LogP contribution in [0.25, 0.3) is 0 Å². The van der Waals surface area contributed by atoms with Crippen LogP contribution in [0.15, 0.2) is 0 Å². The maximum absolute atomic E-state index is 10.1. The number of aliphatic carboxylic acids is 1. The molecule has 96 valence electrons. The first-order valence-corrected chi connectivity index (χ1v) is 6.66. The Bertz CT molecular complexity index is 187. The first-order chi connectivity index (χ1) is 7.57. The minimum absolute atomic E-state index is 0.520. The Morgan fingerprint density at radius 1 is 1.62 bits per heavy atom. The van der Waals surface area contributed by atoms with E-state index in [1.54, 1.807) is 0 Å². The highest BCUT2D eigenvalue weighted by molar-refractivity contribution is 8.00. The molecule has 0 aromatic rings. The number of thioether (sulfide) groups is 1. The monoisotopic (exact) mass is 249 g/mol.